The maximum Gasteiger partial charge on any atom is 0.164 e. The van der Waals surface area contributed by atoms with E-state index < -0.39 is 0 Å². The normalized spacial score (nSPS) is 11.6. The lowest BCUT2D eigenvalue weighted by Gasteiger charge is -2.09. The highest BCUT2D eigenvalue weighted by atomic mass is 16.3. The summed E-state index contributed by atoms with van der Waals surface area (Å²) in [6.07, 6.45) is 0. The first-order chi connectivity index (χ1) is 27.7. The van der Waals surface area contributed by atoms with Crippen molar-refractivity contribution in [3.05, 3.63) is 194 Å². The van der Waals surface area contributed by atoms with Crippen molar-refractivity contribution in [1.82, 2.24) is 19.5 Å². The lowest BCUT2D eigenvalue weighted by Crippen LogP contribution is -2.00. The number of rotatable bonds is 6. The van der Waals surface area contributed by atoms with Gasteiger partial charge in [0.1, 0.15) is 11.2 Å². The van der Waals surface area contributed by atoms with Gasteiger partial charge in [0.2, 0.25) is 0 Å². The summed E-state index contributed by atoms with van der Waals surface area (Å²) in [4.78, 5) is 14.8. The fourth-order valence-corrected chi connectivity index (χ4v) is 7.92. The molecular formula is C51H32N4O. The standard InChI is InChI=1S/C51H32N4O/c1-4-13-33(14-5-1)49-52-50(34-15-6-2-7-16-34)54-51(53-49)39-25-28-47-44(31-39)42-26-23-38(32-48(42)56-47)36-18-12-17-35(29-36)37-24-27-46-43(30-37)41-21-10-11-22-45(41)55(46)40-19-8-3-9-20-40/h1-32H. The van der Waals surface area contributed by atoms with Gasteiger partial charge in [0.15, 0.2) is 17.5 Å². The summed E-state index contributed by atoms with van der Waals surface area (Å²) in [7, 11) is 0. The van der Waals surface area contributed by atoms with Crippen molar-refractivity contribution in [1.29, 1.82) is 0 Å². The molecule has 0 amide bonds. The van der Waals surface area contributed by atoms with Crippen molar-refractivity contribution >= 4 is 43.7 Å². The van der Waals surface area contributed by atoms with Crippen LogP contribution in [0.5, 0.6) is 0 Å². The van der Waals surface area contributed by atoms with E-state index in [9.17, 15) is 0 Å². The molecule has 0 fully saturated rings. The maximum atomic E-state index is 6.48. The van der Waals surface area contributed by atoms with Crippen LogP contribution in [0.2, 0.25) is 0 Å². The Hall–Kier alpha value is -7.63. The van der Waals surface area contributed by atoms with Gasteiger partial charge in [-0.1, -0.05) is 127 Å². The van der Waals surface area contributed by atoms with E-state index in [1.807, 2.05) is 72.8 Å². The SMILES string of the molecule is c1ccc(-c2nc(-c3ccccc3)nc(-c3ccc4oc5cc(-c6cccc(-c7ccc8c(c7)c7ccccc7n8-c7ccccc7)c6)ccc5c4c3)n2)cc1. The Bertz CT molecular complexity index is 3180. The molecule has 0 saturated heterocycles. The number of benzene rings is 8. The third-order valence-electron chi connectivity index (χ3n) is 10.6. The largest absolute Gasteiger partial charge is 0.456 e. The third-order valence-corrected chi connectivity index (χ3v) is 10.6. The highest BCUT2D eigenvalue weighted by Gasteiger charge is 2.16. The summed E-state index contributed by atoms with van der Waals surface area (Å²) in [5, 5.41) is 4.54. The average Bonchev–Trinajstić information content (AvgIpc) is 3.82. The van der Waals surface area contributed by atoms with Crippen LogP contribution in [-0.4, -0.2) is 19.5 Å². The molecule has 11 aromatic rings. The summed E-state index contributed by atoms with van der Waals surface area (Å²) in [5.74, 6) is 1.89. The van der Waals surface area contributed by atoms with E-state index in [0.717, 1.165) is 61.0 Å². The first kappa shape index (κ1) is 31.9. The monoisotopic (exact) mass is 716 g/mol. The van der Waals surface area contributed by atoms with Gasteiger partial charge in [-0.15, -0.1) is 0 Å². The van der Waals surface area contributed by atoms with Crippen molar-refractivity contribution in [2.75, 3.05) is 0 Å². The molecule has 0 aliphatic heterocycles. The van der Waals surface area contributed by atoms with E-state index in [4.69, 9.17) is 19.4 Å². The fourth-order valence-electron chi connectivity index (χ4n) is 7.92. The molecule has 0 unspecified atom stereocenters. The molecule has 11 rings (SSSR count). The predicted molar refractivity (Wildman–Crippen MR) is 229 cm³/mol. The van der Waals surface area contributed by atoms with E-state index in [1.165, 1.54) is 27.4 Å². The van der Waals surface area contributed by atoms with Gasteiger partial charge in [0, 0.05) is 43.9 Å². The number of furan rings is 1. The second-order valence-corrected chi connectivity index (χ2v) is 14.1. The van der Waals surface area contributed by atoms with Crippen molar-refractivity contribution in [3.8, 4) is 62.1 Å². The van der Waals surface area contributed by atoms with Gasteiger partial charge >= 0.3 is 0 Å². The summed E-state index contributed by atoms with van der Waals surface area (Å²) in [6.45, 7) is 0. The Labute approximate surface area is 322 Å². The minimum atomic E-state index is 0.616. The van der Waals surface area contributed by atoms with E-state index in [1.54, 1.807) is 0 Å². The summed E-state index contributed by atoms with van der Waals surface area (Å²) >= 11 is 0. The highest BCUT2D eigenvalue weighted by molar-refractivity contribution is 6.11. The first-order valence-electron chi connectivity index (χ1n) is 18.8. The lowest BCUT2D eigenvalue weighted by molar-refractivity contribution is 0.669. The second kappa shape index (κ2) is 13.0. The van der Waals surface area contributed by atoms with Gasteiger partial charge in [-0.2, -0.15) is 0 Å². The Morgan fingerprint density at radius 1 is 0.304 bits per heavy atom. The zero-order valence-electron chi connectivity index (χ0n) is 30.2. The van der Waals surface area contributed by atoms with E-state index in [0.29, 0.717) is 17.5 Å². The molecule has 0 aliphatic rings. The predicted octanol–water partition coefficient (Wildman–Crippen LogP) is 13.2. The quantitative estimate of drug-likeness (QED) is 0.172. The Morgan fingerprint density at radius 2 is 0.821 bits per heavy atom. The number of nitrogens with zero attached hydrogens (tertiary/aromatic N) is 4. The van der Waals surface area contributed by atoms with Crippen molar-refractivity contribution < 1.29 is 4.42 Å². The van der Waals surface area contributed by atoms with Crippen LogP contribution in [0.4, 0.5) is 0 Å². The number of hydrogen-bond donors (Lipinski definition) is 0. The van der Waals surface area contributed by atoms with Gasteiger partial charge in [-0.05, 0) is 89.0 Å². The van der Waals surface area contributed by atoms with Crippen LogP contribution < -0.4 is 0 Å². The van der Waals surface area contributed by atoms with Crippen LogP contribution >= 0.6 is 0 Å². The molecule has 0 saturated carbocycles. The van der Waals surface area contributed by atoms with E-state index in [-0.39, 0.29) is 0 Å². The molecule has 0 bridgehead atoms. The Balaban J connectivity index is 0.966. The molecule has 56 heavy (non-hydrogen) atoms. The van der Waals surface area contributed by atoms with E-state index in [2.05, 4.69) is 126 Å². The van der Waals surface area contributed by atoms with Crippen LogP contribution in [0.3, 0.4) is 0 Å². The van der Waals surface area contributed by atoms with Gasteiger partial charge in [-0.3, -0.25) is 0 Å². The summed E-state index contributed by atoms with van der Waals surface area (Å²) < 4.78 is 8.83. The molecule has 0 aliphatic carbocycles. The second-order valence-electron chi connectivity index (χ2n) is 14.1. The molecule has 8 aromatic carbocycles. The minimum absolute atomic E-state index is 0.616. The highest BCUT2D eigenvalue weighted by Crippen LogP contribution is 2.38. The molecule has 5 nitrogen and oxygen atoms in total. The number of hydrogen-bond acceptors (Lipinski definition) is 4. The molecule has 0 spiro atoms. The lowest BCUT2D eigenvalue weighted by atomic mass is 9.97. The van der Waals surface area contributed by atoms with Crippen LogP contribution in [0.15, 0.2) is 199 Å². The fraction of sp³-hybridized carbons (Fsp3) is 0. The zero-order valence-corrected chi connectivity index (χ0v) is 30.2. The van der Waals surface area contributed by atoms with E-state index >= 15 is 0 Å². The summed E-state index contributed by atoms with van der Waals surface area (Å²) in [5.41, 5.74) is 12.6. The minimum Gasteiger partial charge on any atom is -0.456 e. The van der Waals surface area contributed by atoms with Crippen LogP contribution in [0, 0.1) is 0 Å². The van der Waals surface area contributed by atoms with Crippen molar-refractivity contribution in [2.24, 2.45) is 0 Å². The smallest absolute Gasteiger partial charge is 0.164 e. The third kappa shape index (κ3) is 5.45. The number of fused-ring (bicyclic) bond motifs is 6. The maximum absolute atomic E-state index is 6.48. The van der Waals surface area contributed by atoms with Crippen molar-refractivity contribution in [2.45, 2.75) is 0 Å². The number of aromatic nitrogens is 4. The molecule has 3 aromatic heterocycles. The first-order valence-corrected chi connectivity index (χ1v) is 18.8. The molecule has 0 N–H and O–H groups in total. The van der Waals surface area contributed by atoms with Gasteiger partial charge in [-0.25, -0.2) is 15.0 Å². The molecule has 0 atom stereocenters. The molecule has 262 valence electrons. The van der Waals surface area contributed by atoms with Crippen LogP contribution in [0.25, 0.3) is 106 Å². The molecule has 0 radical (unpaired) electrons. The van der Waals surface area contributed by atoms with Crippen LogP contribution in [0.1, 0.15) is 0 Å². The van der Waals surface area contributed by atoms with Gasteiger partial charge < -0.3 is 8.98 Å². The van der Waals surface area contributed by atoms with Crippen LogP contribution in [-0.2, 0) is 0 Å². The zero-order chi connectivity index (χ0) is 37.0. The molecular weight excluding hydrogens is 685 g/mol. The topological polar surface area (TPSA) is 56.7 Å². The molecule has 5 heteroatoms. The molecule has 3 heterocycles. The Kier molecular flexibility index (Phi) is 7.42. The van der Waals surface area contributed by atoms with Gasteiger partial charge in [0.05, 0.1) is 11.0 Å². The average molecular weight is 717 g/mol. The van der Waals surface area contributed by atoms with Crippen molar-refractivity contribution in [3.63, 3.8) is 0 Å². The number of para-hydroxylation sites is 2. The Morgan fingerprint density at radius 3 is 1.54 bits per heavy atom. The van der Waals surface area contributed by atoms with Gasteiger partial charge in [0.25, 0.3) is 0 Å². The summed E-state index contributed by atoms with van der Waals surface area (Å²) in [6, 6.07) is 67.6.